The van der Waals surface area contributed by atoms with Crippen molar-refractivity contribution in [2.24, 2.45) is 0 Å². The molecule has 2 aromatic rings. The Morgan fingerprint density at radius 2 is 2.05 bits per heavy atom. The van der Waals surface area contributed by atoms with Crippen LogP contribution >= 0.6 is 0 Å². The van der Waals surface area contributed by atoms with Crippen LogP contribution in [0.1, 0.15) is 28.7 Å². The molecule has 0 spiro atoms. The monoisotopic (exact) mass is 300 g/mol. The Hall–Kier alpha value is -2.57. The number of nitrogens with zero attached hydrogens (tertiary/aromatic N) is 5. The van der Waals surface area contributed by atoms with E-state index in [4.69, 9.17) is 0 Å². The van der Waals surface area contributed by atoms with Crippen molar-refractivity contribution in [3.8, 4) is 0 Å². The summed E-state index contributed by atoms with van der Waals surface area (Å²) in [5.41, 5.74) is 1.98. The minimum atomic E-state index is -0.181. The second-order valence-electron chi connectivity index (χ2n) is 5.34. The normalized spacial score (nSPS) is 11.8. The molecule has 0 aromatic carbocycles. The van der Waals surface area contributed by atoms with Crippen LogP contribution in [0.15, 0.2) is 24.8 Å². The van der Waals surface area contributed by atoms with Crippen LogP contribution in [0.4, 0.5) is 5.95 Å². The second kappa shape index (κ2) is 6.93. The van der Waals surface area contributed by atoms with Crippen LogP contribution in [-0.2, 0) is 6.42 Å². The molecular weight excluding hydrogens is 280 g/mol. The molecule has 7 heteroatoms. The molecule has 1 unspecified atom stereocenters. The van der Waals surface area contributed by atoms with Crippen molar-refractivity contribution in [3.63, 3.8) is 0 Å². The lowest BCUT2D eigenvalue weighted by atomic mass is 10.1. The van der Waals surface area contributed by atoms with Crippen molar-refractivity contribution in [2.75, 3.05) is 19.0 Å². The topological polar surface area (TPSA) is 83.9 Å². The highest BCUT2D eigenvalue weighted by molar-refractivity contribution is 5.95. The lowest BCUT2D eigenvalue weighted by Crippen LogP contribution is -2.35. The van der Waals surface area contributed by atoms with Gasteiger partial charge in [-0.1, -0.05) is 0 Å². The van der Waals surface area contributed by atoms with E-state index in [0.717, 1.165) is 5.69 Å². The minimum Gasteiger partial charge on any atom is -0.349 e. The molecule has 7 nitrogen and oxygen atoms in total. The molecule has 1 amide bonds. The molecule has 2 rings (SSSR count). The van der Waals surface area contributed by atoms with Gasteiger partial charge in [0.1, 0.15) is 0 Å². The molecule has 2 heterocycles. The first kappa shape index (κ1) is 15.8. The molecule has 0 radical (unpaired) electrons. The Bertz CT molecular complexity index is 644. The molecule has 0 aliphatic carbocycles. The first-order valence-electron chi connectivity index (χ1n) is 7.04. The Kier molecular flexibility index (Phi) is 4.98. The number of rotatable bonds is 5. The fourth-order valence-corrected chi connectivity index (χ4v) is 1.99. The summed E-state index contributed by atoms with van der Waals surface area (Å²) in [7, 11) is 3.72. The highest BCUT2D eigenvalue weighted by atomic mass is 16.1. The third kappa shape index (κ3) is 3.97. The third-order valence-electron chi connectivity index (χ3n) is 3.12. The molecule has 1 N–H and O–H groups in total. The molecule has 0 bridgehead atoms. The molecule has 0 saturated carbocycles. The minimum absolute atomic E-state index is 0.0582. The summed E-state index contributed by atoms with van der Waals surface area (Å²) >= 11 is 0. The van der Waals surface area contributed by atoms with Crippen LogP contribution in [0.2, 0.25) is 0 Å². The lowest BCUT2D eigenvalue weighted by Gasteiger charge is -2.15. The summed E-state index contributed by atoms with van der Waals surface area (Å²) in [6.07, 6.45) is 7.14. The maximum absolute atomic E-state index is 12.3. The van der Waals surface area contributed by atoms with Crippen LogP contribution in [-0.4, -0.2) is 46.0 Å². The summed E-state index contributed by atoms with van der Waals surface area (Å²) in [6.45, 7) is 3.73. The molecule has 0 saturated heterocycles. The number of hydrogen-bond donors (Lipinski definition) is 1. The standard InChI is InChI=1S/C15H20N6O/c1-10(7-12-8-16-5-6-17-12)19-14(22)13-9-18-15(21(3)4)20-11(13)2/h5-6,8-10H,7H2,1-4H3,(H,19,22). The predicted octanol–water partition coefficient (Wildman–Crippen LogP) is 1.00. The zero-order valence-corrected chi connectivity index (χ0v) is 13.2. The highest BCUT2D eigenvalue weighted by Crippen LogP contribution is 2.09. The fourth-order valence-electron chi connectivity index (χ4n) is 1.99. The van der Waals surface area contributed by atoms with Gasteiger partial charge < -0.3 is 10.2 Å². The molecule has 0 aliphatic heterocycles. The highest BCUT2D eigenvalue weighted by Gasteiger charge is 2.15. The van der Waals surface area contributed by atoms with Crippen molar-refractivity contribution < 1.29 is 4.79 Å². The SMILES string of the molecule is Cc1nc(N(C)C)ncc1C(=O)NC(C)Cc1cnccn1. The van der Waals surface area contributed by atoms with Crippen molar-refractivity contribution in [1.82, 2.24) is 25.3 Å². The maximum atomic E-state index is 12.3. The van der Waals surface area contributed by atoms with Crippen LogP contribution in [0.25, 0.3) is 0 Å². The number of anilines is 1. The average Bonchev–Trinajstić information content (AvgIpc) is 2.47. The number of carbonyl (C=O) groups is 1. The van der Waals surface area contributed by atoms with E-state index in [-0.39, 0.29) is 11.9 Å². The fraction of sp³-hybridized carbons (Fsp3) is 0.400. The number of hydrogen-bond acceptors (Lipinski definition) is 6. The smallest absolute Gasteiger partial charge is 0.254 e. The van der Waals surface area contributed by atoms with Gasteiger partial charge in [-0.05, 0) is 13.8 Å². The molecule has 2 aromatic heterocycles. The van der Waals surface area contributed by atoms with Crippen molar-refractivity contribution in [1.29, 1.82) is 0 Å². The Balaban J connectivity index is 2.02. The zero-order chi connectivity index (χ0) is 16.1. The van der Waals surface area contributed by atoms with Gasteiger partial charge in [0.25, 0.3) is 5.91 Å². The van der Waals surface area contributed by atoms with E-state index in [1.54, 1.807) is 36.6 Å². The van der Waals surface area contributed by atoms with Crippen LogP contribution in [0, 0.1) is 6.92 Å². The average molecular weight is 300 g/mol. The molecule has 22 heavy (non-hydrogen) atoms. The van der Waals surface area contributed by atoms with E-state index in [9.17, 15) is 4.79 Å². The second-order valence-corrected chi connectivity index (χ2v) is 5.34. The predicted molar refractivity (Wildman–Crippen MR) is 83.8 cm³/mol. The van der Waals surface area contributed by atoms with Gasteiger partial charge >= 0.3 is 0 Å². The van der Waals surface area contributed by atoms with Gasteiger partial charge in [0.05, 0.1) is 17.0 Å². The maximum Gasteiger partial charge on any atom is 0.254 e. The molecular formula is C15H20N6O. The number of amides is 1. The third-order valence-corrected chi connectivity index (χ3v) is 3.12. The van der Waals surface area contributed by atoms with Gasteiger partial charge in [0.15, 0.2) is 0 Å². The zero-order valence-electron chi connectivity index (χ0n) is 13.2. The van der Waals surface area contributed by atoms with E-state index < -0.39 is 0 Å². The first-order chi connectivity index (χ1) is 10.5. The molecule has 116 valence electrons. The van der Waals surface area contributed by atoms with E-state index >= 15 is 0 Å². The number of aromatic nitrogens is 4. The molecule has 0 fully saturated rings. The Morgan fingerprint density at radius 1 is 1.27 bits per heavy atom. The van der Waals surface area contributed by atoms with E-state index in [2.05, 4.69) is 25.3 Å². The summed E-state index contributed by atoms with van der Waals surface area (Å²) in [4.78, 5) is 30.8. The van der Waals surface area contributed by atoms with Crippen LogP contribution in [0.3, 0.4) is 0 Å². The van der Waals surface area contributed by atoms with Crippen molar-refractivity contribution in [2.45, 2.75) is 26.3 Å². The molecule has 1 atom stereocenters. The molecule has 0 aliphatic rings. The Labute approximate surface area is 129 Å². The van der Waals surface area contributed by atoms with Gasteiger partial charge in [-0.2, -0.15) is 0 Å². The van der Waals surface area contributed by atoms with Gasteiger partial charge in [-0.25, -0.2) is 9.97 Å². The quantitative estimate of drug-likeness (QED) is 0.887. The summed E-state index contributed by atoms with van der Waals surface area (Å²) in [6, 6.07) is -0.0582. The van der Waals surface area contributed by atoms with Crippen molar-refractivity contribution in [3.05, 3.63) is 41.7 Å². The van der Waals surface area contributed by atoms with Gasteiger partial charge in [-0.3, -0.25) is 14.8 Å². The van der Waals surface area contributed by atoms with E-state index in [1.165, 1.54) is 0 Å². The van der Waals surface area contributed by atoms with Crippen LogP contribution in [0.5, 0.6) is 0 Å². The van der Waals surface area contributed by atoms with Gasteiger partial charge in [-0.15, -0.1) is 0 Å². The van der Waals surface area contributed by atoms with E-state index in [1.807, 2.05) is 21.0 Å². The number of carbonyl (C=O) groups excluding carboxylic acids is 1. The summed E-state index contributed by atoms with van der Waals surface area (Å²) < 4.78 is 0. The number of aryl methyl sites for hydroxylation is 1. The van der Waals surface area contributed by atoms with Gasteiger partial charge in [0.2, 0.25) is 5.95 Å². The largest absolute Gasteiger partial charge is 0.349 e. The first-order valence-corrected chi connectivity index (χ1v) is 7.04. The van der Waals surface area contributed by atoms with Crippen molar-refractivity contribution >= 4 is 11.9 Å². The number of nitrogens with one attached hydrogen (secondary N) is 1. The lowest BCUT2D eigenvalue weighted by molar-refractivity contribution is 0.0938. The summed E-state index contributed by atoms with van der Waals surface area (Å²) in [5.74, 6) is 0.404. The summed E-state index contributed by atoms with van der Waals surface area (Å²) in [5, 5.41) is 2.93. The Morgan fingerprint density at radius 3 is 2.64 bits per heavy atom. The van der Waals surface area contributed by atoms with Crippen LogP contribution < -0.4 is 10.2 Å². The van der Waals surface area contributed by atoms with Gasteiger partial charge in [0, 0.05) is 51.3 Å². The van der Waals surface area contributed by atoms with E-state index in [0.29, 0.717) is 23.6 Å².